The number of carbonyl (C=O) groups is 1. The molecule has 1 amide bonds. The van der Waals surface area contributed by atoms with Crippen molar-refractivity contribution in [1.82, 2.24) is 24.6 Å². The molecule has 2 aliphatic heterocycles. The van der Waals surface area contributed by atoms with Gasteiger partial charge < -0.3 is 4.90 Å². The van der Waals surface area contributed by atoms with Gasteiger partial charge in [0.05, 0.1) is 6.04 Å². The monoisotopic (exact) mass is 263 g/mol. The maximum absolute atomic E-state index is 12.4. The number of nitrogens with zero attached hydrogens (tertiary/aromatic N) is 5. The smallest absolute Gasteiger partial charge is 0.318 e. The number of hydrogen-bond acceptors (Lipinski definition) is 4. The van der Waals surface area contributed by atoms with Gasteiger partial charge in [0.15, 0.2) is 0 Å². The molecule has 6 heteroatoms. The van der Waals surface area contributed by atoms with Gasteiger partial charge in [0.25, 0.3) is 0 Å². The van der Waals surface area contributed by atoms with E-state index in [9.17, 15) is 4.79 Å². The third-order valence-electron chi connectivity index (χ3n) is 4.38. The first-order valence-corrected chi connectivity index (χ1v) is 7.10. The molecule has 0 radical (unpaired) electrons. The highest BCUT2D eigenvalue weighted by atomic mass is 16.2. The normalized spacial score (nSPS) is 27.8. The van der Waals surface area contributed by atoms with Crippen LogP contribution in [0.2, 0.25) is 0 Å². The van der Waals surface area contributed by atoms with Crippen LogP contribution in [0.5, 0.6) is 0 Å². The molecular formula is C13H21N5O. The molecule has 0 aliphatic carbocycles. The van der Waals surface area contributed by atoms with Crippen molar-refractivity contribution in [1.29, 1.82) is 0 Å². The summed E-state index contributed by atoms with van der Waals surface area (Å²) in [5.41, 5.74) is 0. The van der Waals surface area contributed by atoms with Gasteiger partial charge >= 0.3 is 6.03 Å². The molecule has 6 nitrogen and oxygen atoms in total. The van der Waals surface area contributed by atoms with Gasteiger partial charge in [-0.15, -0.1) is 0 Å². The molecule has 0 bridgehead atoms. The summed E-state index contributed by atoms with van der Waals surface area (Å²) < 4.78 is 1.35. The van der Waals surface area contributed by atoms with Crippen LogP contribution in [-0.4, -0.2) is 61.8 Å². The lowest BCUT2D eigenvalue weighted by Gasteiger charge is -2.40. The van der Waals surface area contributed by atoms with Crippen LogP contribution in [0.25, 0.3) is 0 Å². The van der Waals surface area contributed by atoms with Crippen LogP contribution in [0.15, 0.2) is 12.7 Å². The fourth-order valence-corrected chi connectivity index (χ4v) is 3.54. The van der Waals surface area contributed by atoms with Crippen LogP contribution < -0.4 is 0 Å². The number of piperidine rings is 1. The molecular weight excluding hydrogens is 242 g/mol. The average Bonchev–Trinajstić information content (AvgIpc) is 3.06. The topological polar surface area (TPSA) is 54.3 Å². The molecule has 0 saturated carbocycles. The molecule has 2 aliphatic rings. The average molecular weight is 263 g/mol. The molecule has 2 saturated heterocycles. The van der Waals surface area contributed by atoms with E-state index < -0.39 is 0 Å². The zero-order chi connectivity index (χ0) is 13.4. The molecule has 19 heavy (non-hydrogen) atoms. The first kappa shape index (κ1) is 12.6. The summed E-state index contributed by atoms with van der Waals surface area (Å²) in [4.78, 5) is 20.8. The highest BCUT2D eigenvalue weighted by Crippen LogP contribution is 2.32. The van der Waals surface area contributed by atoms with Gasteiger partial charge in [-0.2, -0.15) is 9.78 Å². The lowest BCUT2D eigenvalue weighted by Crippen LogP contribution is -2.54. The van der Waals surface area contributed by atoms with Crippen molar-refractivity contribution < 1.29 is 4.79 Å². The summed E-state index contributed by atoms with van der Waals surface area (Å²) in [5.74, 6) is 0. The SMILES string of the molecule is CC(C)N1CCC2C1CCCN2C(=O)n1cncn1. The van der Waals surface area contributed by atoms with Gasteiger partial charge in [0.1, 0.15) is 12.7 Å². The number of carbonyl (C=O) groups excluding carboxylic acids is 1. The number of fused-ring (bicyclic) bond motifs is 1. The third kappa shape index (κ3) is 2.14. The Labute approximate surface area is 113 Å². The number of rotatable bonds is 1. The van der Waals surface area contributed by atoms with Crippen molar-refractivity contribution in [3.05, 3.63) is 12.7 Å². The molecule has 0 aromatic carbocycles. The van der Waals surface area contributed by atoms with Crippen molar-refractivity contribution in [2.75, 3.05) is 13.1 Å². The molecule has 1 aromatic heterocycles. The zero-order valence-electron chi connectivity index (χ0n) is 11.6. The lowest BCUT2D eigenvalue weighted by molar-refractivity contribution is 0.0963. The quantitative estimate of drug-likeness (QED) is 0.764. The van der Waals surface area contributed by atoms with Gasteiger partial charge in [-0.3, -0.25) is 4.90 Å². The van der Waals surface area contributed by atoms with Crippen LogP contribution in [0.3, 0.4) is 0 Å². The van der Waals surface area contributed by atoms with Crippen molar-refractivity contribution in [2.45, 2.75) is 51.2 Å². The Kier molecular flexibility index (Phi) is 3.26. The van der Waals surface area contributed by atoms with E-state index in [2.05, 4.69) is 28.8 Å². The number of amides is 1. The second-order valence-electron chi connectivity index (χ2n) is 5.71. The molecule has 3 rings (SSSR count). The summed E-state index contributed by atoms with van der Waals surface area (Å²) in [6, 6.07) is 1.38. The van der Waals surface area contributed by atoms with Crippen LogP contribution in [0, 0.1) is 0 Å². The van der Waals surface area contributed by atoms with Crippen molar-refractivity contribution in [2.24, 2.45) is 0 Å². The van der Waals surface area contributed by atoms with E-state index >= 15 is 0 Å². The van der Waals surface area contributed by atoms with Crippen molar-refractivity contribution in [3.8, 4) is 0 Å². The van der Waals surface area contributed by atoms with E-state index in [1.165, 1.54) is 23.8 Å². The van der Waals surface area contributed by atoms with Crippen LogP contribution in [0.4, 0.5) is 4.79 Å². The summed E-state index contributed by atoms with van der Waals surface area (Å²) in [5, 5.41) is 3.96. The Morgan fingerprint density at radius 1 is 1.26 bits per heavy atom. The van der Waals surface area contributed by atoms with Crippen molar-refractivity contribution in [3.63, 3.8) is 0 Å². The van der Waals surface area contributed by atoms with Crippen LogP contribution in [-0.2, 0) is 0 Å². The molecule has 2 atom stereocenters. The van der Waals surface area contributed by atoms with Crippen LogP contribution >= 0.6 is 0 Å². The van der Waals surface area contributed by atoms with E-state index in [0.29, 0.717) is 18.1 Å². The van der Waals surface area contributed by atoms with Gasteiger partial charge in [0, 0.05) is 25.2 Å². The summed E-state index contributed by atoms with van der Waals surface area (Å²) in [6.45, 7) is 6.40. The molecule has 3 heterocycles. The van der Waals surface area contributed by atoms with Crippen molar-refractivity contribution >= 4 is 6.03 Å². The predicted molar refractivity (Wildman–Crippen MR) is 70.8 cm³/mol. The number of aromatic nitrogens is 3. The molecule has 1 aromatic rings. The van der Waals surface area contributed by atoms with E-state index in [1.54, 1.807) is 0 Å². The zero-order valence-corrected chi connectivity index (χ0v) is 11.6. The van der Waals surface area contributed by atoms with Gasteiger partial charge in [-0.1, -0.05) is 0 Å². The minimum atomic E-state index is -0.0298. The van der Waals surface area contributed by atoms with E-state index in [0.717, 1.165) is 25.9 Å². The Bertz CT molecular complexity index is 444. The maximum Gasteiger partial charge on any atom is 0.346 e. The summed E-state index contributed by atoms with van der Waals surface area (Å²) >= 11 is 0. The Hall–Kier alpha value is -1.43. The minimum Gasteiger partial charge on any atom is -0.318 e. The molecule has 0 spiro atoms. The van der Waals surface area contributed by atoms with Gasteiger partial charge in [-0.05, 0) is 33.1 Å². The minimum absolute atomic E-state index is 0.0298. The first-order chi connectivity index (χ1) is 9.18. The number of hydrogen-bond donors (Lipinski definition) is 0. The molecule has 2 unspecified atom stereocenters. The van der Waals surface area contributed by atoms with E-state index in [1.807, 2.05) is 4.90 Å². The second-order valence-corrected chi connectivity index (χ2v) is 5.71. The Balaban J connectivity index is 1.79. The Morgan fingerprint density at radius 3 is 2.79 bits per heavy atom. The molecule has 0 N–H and O–H groups in total. The first-order valence-electron chi connectivity index (χ1n) is 7.10. The van der Waals surface area contributed by atoms with Gasteiger partial charge in [-0.25, -0.2) is 9.78 Å². The lowest BCUT2D eigenvalue weighted by atomic mass is 9.97. The number of likely N-dealkylation sites (tertiary alicyclic amines) is 2. The van der Waals surface area contributed by atoms with Crippen LogP contribution in [0.1, 0.15) is 33.1 Å². The summed E-state index contributed by atoms with van der Waals surface area (Å²) in [6.07, 6.45) is 6.24. The standard InChI is InChI=1S/C13H21N5O/c1-10(2)16-7-5-12-11(16)4-3-6-17(12)13(19)18-9-14-8-15-18/h8-12H,3-7H2,1-2H3. The fourth-order valence-electron chi connectivity index (χ4n) is 3.54. The maximum atomic E-state index is 12.4. The Morgan fingerprint density at radius 2 is 2.11 bits per heavy atom. The van der Waals surface area contributed by atoms with E-state index in [-0.39, 0.29) is 6.03 Å². The highest BCUT2D eigenvalue weighted by molar-refractivity contribution is 5.76. The van der Waals surface area contributed by atoms with Gasteiger partial charge in [0.2, 0.25) is 0 Å². The molecule has 104 valence electrons. The van der Waals surface area contributed by atoms with E-state index in [4.69, 9.17) is 0 Å². The predicted octanol–water partition coefficient (Wildman–Crippen LogP) is 1.19. The third-order valence-corrected chi connectivity index (χ3v) is 4.38. The summed E-state index contributed by atoms with van der Waals surface area (Å²) in [7, 11) is 0. The second kappa shape index (κ2) is 4.92. The fraction of sp³-hybridized carbons (Fsp3) is 0.769. The molecule has 2 fully saturated rings. The highest BCUT2D eigenvalue weighted by Gasteiger charge is 2.43. The largest absolute Gasteiger partial charge is 0.346 e.